The number of likely N-dealkylation sites (tertiary alicyclic amines) is 1. The van der Waals surface area contributed by atoms with Crippen LogP contribution in [0.4, 0.5) is 4.79 Å². The maximum atomic E-state index is 12.0. The quantitative estimate of drug-likeness (QED) is 0.627. The van der Waals surface area contributed by atoms with E-state index in [2.05, 4.69) is 5.32 Å². The highest BCUT2D eigenvalue weighted by Crippen LogP contribution is 2.20. The summed E-state index contributed by atoms with van der Waals surface area (Å²) in [6, 6.07) is -0.545. The van der Waals surface area contributed by atoms with Gasteiger partial charge in [-0.2, -0.15) is 0 Å². The summed E-state index contributed by atoms with van der Waals surface area (Å²) in [7, 11) is 0. The monoisotopic (exact) mass is 254 g/mol. The molecule has 0 aromatic carbocycles. The number of rotatable bonds is 3. The second-order valence-electron chi connectivity index (χ2n) is 4.79. The van der Waals surface area contributed by atoms with Gasteiger partial charge in [0, 0.05) is 6.54 Å². The van der Waals surface area contributed by atoms with E-state index in [1.807, 2.05) is 0 Å². The summed E-state index contributed by atoms with van der Waals surface area (Å²) in [5.41, 5.74) is 0. The highest BCUT2D eigenvalue weighted by molar-refractivity contribution is 5.77. The topological polar surface area (TPSA) is 89.9 Å². The molecule has 0 radical (unpaired) electrons. The van der Waals surface area contributed by atoms with Crippen LogP contribution >= 0.6 is 0 Å². The minimum absolute atomic E-state index is 0.0221. The lowest BCUT2D eigenvalue weighted by Crippen LogP contribution is -2.47. The molecule has 6 heteroatoms. The van der Waals surface area contributed by atoms with Crippen molar-refractivity contribution in [3.05, 3.63) is 12.2 Å². The SMILES string of the molecule is O=C(O)C1C=CC(NC(=O)N2CCCC2CO)C1. The molecule has 6 nitrogen and oxygen atoms in total. The van der Waals surface area contributed by atoms with E-state index in [1.165, 1.54) is 0 Å². The van der Waals surface area contributed by atoms with Crippen LogP contribution in [-0.2, 0) is 4.79 Å². The maximum absolute atomic E-state index is 12.0. The van der Waals surface area contributed by atoms with Crippen LogP contribution in [0.25, 0.3) is 0 Å². The molecule has 0 bridgehead atoms. The Balaban J connectivity index is 1.85. The number of nitrogens with zero attached hydrogens (tertiary/aromatic N) is 1. The van der Waals surface area contributed by atoms with Crippen LogP contribution in [0.2, 0.25) is 0 Å². The van der Waals surface area contributed by atoms with E-state index in [1.54, 1.807) is 17.1 Å². The Morgan fingerprint density at radius 3 is 2.78 bits per heavy atom. The van der Waals surface area contributed by atoms with Gasteiger partial charge in [0.1, 0.15) is 0 Å². The van der Waals surface area contributed by atoms with E-state index in [0.717, 1.165) is 12.8 Å². The Morgan fingerprint density at radius 2 is 2.17 bits per heavy atom. The highest BCUT2D eigenvalue weighted by atomic mass is 16.4. The number of aliphatic hydroxyl groups excluding tert-OH is 1. The molecule has 0 spiro atoms. The van der Waals surface area contributed by atoms with Crippen LogP contribution in [0.5, 0.6) is 0 Å². The van der Waals surface area contributed by atoms with E-state index in [4.69, 9.17) is 10.2 Å². The molecule has 1 saturated heterocycles. The van der Waals surface area contributed by atoms with Gasteiger partial charge in [0.15, 0.2) is 0 Å². The zero-order chi connectivity index (χ0) is 13.1. The lowest BCUT2D eigenvalue weighted by Gasteiger charge is -2.25. The number of carboxylic acids is 1. The molecule has 2 amide bonds. The van der Waals surface area contributed by atoms with E-state index in [-0.39, 0.29) is 24.7 Å². The summed E-state index contributed by atoms with van der Waals surface area (Å²) in [6.45, 7) is 0.627. The molecule has 3 unspecified atom stereocenters. The fourth-order valence-electron chi connectivity index (χ4n) is 2.52. The fraction of sp³-hybridized carbons (Fsp3) is 0.667. The normalized spacial score (nSPS) is 30.7. The van der Waals surface area contributed by atoms with Crippen molar-refractivity contribution >= 4 is 12.0 Å². The third kappa shape index (κ3) is 2.64. The fourth-order valence-corrected chi connectivity index (χ4v) is 2.52. The third-order valence-electron chi connectivity index (χ3n) is 3.56. The van der Waals surface area contributed by atoms with Crippen molar-refractivity contribution in [3.63, 3.8) is 0 Å². The first-order valence-electron chi connectivity index (χ1n) is 6.21. The van der Waals surface area contributed by atoms with E-state index in [9.17, 15) is 9.59 Å². The van der Waals surface area contributed by atoms with Crippen LogP contribution in [0.15, 0.2) is 12.2 Å². The van der Waals surface area contributed by atoms with E-state index in [0.29, 0.717) is 13.0 Å². The van der Waals surface area contributed by atoms with Crippen molar-refractivity contribution in [1.29, 1.82) is 0 Å². The summed E-state index contributed by atoms with van der Waals surface area (Å²) < 4.78 is 0. The number of urea groups is 1. The Kier molecular flexibility index (Phi) is 3.86. The molecule has 1 fully saturated rings. The van der Waals surface area contributed by atoms with Crippen LogP contribution in [0.3, 0.4) is 0 Å². The molecule has 18 heavy (non-hydrogen) atoms. The number of nitrogens with one attached hydrogen (secondary N) is 1. The molecule has 0 aromatic rings. The number of carbonyl (C=O) groups excluding carboxylic acids is 1. The summed E-state index contributed by atoms with van der Waals surface area (Å²) in [5, 5.41) is 20.8. The largest absolute Gasteiger partial charge is 0.481 e. The lowest BCUT2D eigenvalue weighted by molar-refractivity contribution is -0.140. The Hall–Kier alpha value is -1.56. The molecule has 1 aliphatic heterocycles. The third-order valence-corrected chi connectivity index (χ3v) is 3.56. The Labute approximate surface area is 105 Å². The number of aliphatic hydroxyl groups is 1. The lowest BCUT2D eigenvalue weighted by atomic mass is 10.1. The van der Waals surface area contributed by atoms with E-state index < -0.39 is 11.9 Å². The summed E-state index contributed by atoms with van der Waals surface area (Å²) in [5.74, 6) is -1.38. The second-order valence-corrected chi connectivity index (χ2v) is 4.79. The van der Waals surface area contributed by atoms with Crippen LogP contribution in [0.1, 0.15) is 19.3 Å². The molecule has 2 aliphatic rings. The van der Waals surface area contributed by atoms with Gasteiger partial charge in [-0.1, -0.05) is 12.2 Å². The molecular formula is C12H18N2O4. The number of hydrogen-bond acceptors (Lipinski definition) is 3. The molecule has 0 saturated carbocycles. The van der Waals surface area contributed by atoms with Gasteiger partial charge in [-0.3, -0.25) is 4.79 Å². The zero-order valence-electron chi connectivity index (χ0n) is 10.1. The average molecular weight is 254 g/mol. The first-order valence-corrected chi connectivity index (χ1v) is 6.21. The number of aliphatic carboxylic acids is 1. The van der Waals surface area contributed by atoms with Gasteiger partial charge >= 0.3 is 12.0 Å². The first-order chi connectivity index (χ1) is 8.61. The molecular weight excluding hydrogens is 236 g/mol. The standard InChI is InChI=1S/C12H18N2O4/c15-7-10-2-1-5-14(10)12(18)13-9-4-3-8(6-9)11(16)17/h3-4,8-10,15H,1-2,5-7H2,(H,13,18)(H,16,17). The molecule has 3 atom stereocenters. The van der Waals surface area contributed by atoms with Crippen LogP contribution in [-0.4, -0.2) is 52.3 Å². The van der Waals surface area contributed by atoms with Crippen molar-refractivity contribution in [2.24, 2.45) is 5.92 Å². The Morgan fingerprint density at radius 1 is 1.39 bits per heavy atom. The smallest absolute Gasteiger partial charge is 0.318 e. The average Bonchev–Trinajstić information content (AvgIpc) is 2.96. The van der Waals surface area contributed by atoms with Crippen molar-refractivity contribution in [3.8, 4) is 0 Å². The van der Waals surface area contributed by atoms with Crippen molar-refractivity contribution in [2.45, 2.75) is 31.3 Å². The number of carboxylic acid groups (broad SMARTS) is 1. The van der Waals surface area contributed by atoms with Gasteiger partial charge in [-0.15, -0.1) is 0 Å². The molecule has 1 heterocycles. The Bertz CT molecular complexity index is 369. The van der Waals surface area contributed by atoms with Crippen molar-refractivity contribution in [2.75, 3.05) is 13.2 Å². The molecule has 3 N–H and O–H groups in total. The van der Waals surface area contributed by atoms with Gasteiger partial charge in [0.25, 0.3) is 0 Å². The zero-order valence-corrected chi connectivity index (χ0v) is 10.1. The van der Waals surface area contributed by atoms with Crippen LogP contribution in [0, 0.1) is 5.92 Å². The molecule has 2 rings (SSSR count). The predicted molar refractivity (Wildman–Crippen MR) is 64.0 cm³/mol. The summed E-state index contributed by atoms with van der Waals surface area (Å²) >= 11 is 0. The van der Waals surface area contributed by atoms with Crippen molar-refractivity contribution < 1.29 is 19.8 Å². The summed E-state index contributed by atoms with van der Waals surface area (Å²) in [6.07, 6.45) is 5.46. The van der Waals surface area contributed by atoms with Gasteiger partial charge in [0.2, 0.25) is 0 Å². The minimum Gasteiger partial charge on any atom is -0.481 e. The van der Waals surface area contributed by atoms with E-state index >= 15 is 0 Å². The van der Waals surface area contributed by atoms with Gasteiger partial charge < -0.3 is 20.4 Å². The first kappa shape index (κ1) is 12.9. The van der Waals surface area contributed by atoms with Gasteiger partial charge in [-0.25, -0.2) is 4.79 Å². The van der Waals surface area contributed by atoms with Crippen LogP contribution < -0.4 is 5.32 Å². The van der Waals surface area contributed by atoms with Crippen molar-refractivity contribution in [1.82, 2.24) is 10.2 Å². The summed E-state index contributed by atoms with van der Waals surface area (Å²) in [4.78, 5) is 24.4. The number of carbonyl (C=O) groups is 2. The molecule has 1 aliphatic carbocycles. The number of amides is 2. The minimum atomic E-state index is -0.864. The molecule has 100 valence electrons. The molecule has 0 aromatic heterocycles. The van der Waals surface area contributed by atoms with Gasteiger partial charge in [0.05, 0.1) is 24.6 Å². The highest BCUT2D eigenvalue weighted by Gasteiger charge is 2.31. The second kappa shape index (κ2) is 5.39. The maximum Gasteiger partial charge on any atom is 0.318 e. The predicted octanol–water partition coefficient (Wildman–Crippen LogP) is 0.182. The number of hydrogen-bond donors (Lipinski definition) is 3. The van der Waals surface area contributed by atoms with Gasteiger partial charge in [-0.05, 0) is 19.3 Å².